The molecule has 1 aliphatic rings. The van der Waals surface area contributed by atoms with Crippen molar-refractivity contribution in [1.29, 1.82) is 0 Å². The molecule has 9 heteroatoms. The average Bonchev–Trinajstić information content (AvgIpc) is 2.62. The number of hydrogen-bond donors (Lipinski definition) is 1. The van der Waals surface area contributed by atoms with Gasteiger partial charge in [-0.25, -0.2) is 4.98 Å². The van der Waals surface area contributed by atoms with Gasteiger partial charge in [0.2, 0.25) is 5.28 Å². The lowest BCUT2D eigenvalue weighted by atomic mass is 10.0. The highest BCUT2D eigenvalue weighted by atomic mass is 35.5. The van der Waals surface area contributed by atoms with Crippen LogP contribution in [0.1, 0.15) is 44.9 Å². The smallest absolute Gasteiger partial charge is 0.281 e. The average molecular weight is 427 g/mol. The molecular formula is C19H27ClN4O3S. The molecule has 2 aromatic rings. The van der Waals surface area contributed by atoms with Crippen molar-refractivity contribution in [3.8, 4) is 0 Å². The normalized spacial score (nSPS) is 17.8. The molecule has 1 aromatic heterocycles. The number of ether oxygens (including phenoxy) is 1. The molecule has 2 heterocycles. The Labute approximate surface area is 173 Å². The number of halogens is 1. The van der Waals surface area contributed by atoms with E-state index in [0.717, 1.165) is 11.1 Å². The van der Waals surface area contributed by atoms with Crippen LogP contribution in [0.25, 0.3) is 10.9 Å². The van der Waals surface area contributed by atoms with Gasteiger partial charge in [0.05, 0.1) is 43.2 Å². The van der Waals surface area contributed by atoms with Gasteiger partial charge >= 0.3 is 0 Å². The Balaban J connectivity index is 2.09. The second-order valence-corrected chi connectivity index (χ2v) is 10.4. The number of morpholine rings is 1. The van der Waals surface area contributed by atoms with E-state index >= 15 is 0 Å². The molecule has 2 atom stereocenters. The van der Waals surface area contributed by atoms with Gasteiger partial charge in [0.25, 0.3) is 5.56 Å². The number of hydrogen-bond acceptors (Lipinski definition) is 6. The molecule has 1 saturated heterocycles. The number of rotatable bonds is 4. The lowest BCUT2D eigenvalue weighted by Crippen LogP contribution is -2.49. The molecule has 1 fully saturated rings. The summed E-state index contributed by atoms with van der Waals surface area (Å²) in [6, 6.07) is 3.53. The van der Waals surface area contributed by atoms with Gasteiger partial charge < -0.3 is 14.3 Å². The summed E-state index contributed by atoms with van der Waals surface area (Å²) < 4.78 is 22.1. The zero-order valence-electron chi connectivity index (χ0n) is 16.9. The van der Waals surface area contributed by atoms with Crippen LogP contribution in [0.3, 0.4) is 0 Å². The number of nitrogens with zero attached hydrogens (tertiary/aromatic N) is 3. The minimum Gasteiger partial charge on any atom is -0.598 e. The summed E-state index contributed by atoms with van der Waals surface area (Å²) in [6.45, 7) is 11.8. The van der Waals surface area contributed by atoms with Crippen LogP contribution in [-0.2, 0) is 16.1 Å². The van der Waals surface area contributed by atoms with E-state index in [4.69, 9.17) is 16.3 Å². The molecule has 1 N–H and O–H groups in total. The Kier molecular flexibility index (Phi) is 6.26. The van der Waals surface area contributed by atoms with Crippen LogP contribution in [0.15, 0.2) is 16.9 Å². The monoisotopic (exact) mass is 426 g/mol. The molecule has 0 unspecified atom stereocenters. The van der Waals surface area contributed by atoms with Crippen LogP contribution in [0, 0.1) is 6.92 Å². The minimum absolute atomic E-state index is 0.119. The fourth-order valence-electron chi connectivity index (χ4n) is 3.16. The van der Waals surface area contributed by atoms with Crippen molar-refractivity contribution in [2.45, 2.75) is 45.4 Å². The molecule has 3 rings (SSSR count). The molecule has 0 bridgehead atoms. The van der Waals surface area contributed by atoms with Gasteiger partial charge in [-0.2, -0.15) is 4.68 Å². The molecule has 154 valence electrons. The molecular weight excluding hydrogens is 400 g/mol. The number of fused-ring (bicyclic) bond motifs is 1. The first-order valence-electron chi connectivity index (χ1n) is 9.33. The zero-order chi connectivity index (χ0) is 20.6. The standard InChI is InChI=1S/C19H27ClN4O3S/c1-12-10-14(13(2)22-28(26)19(3,4)5)16-15(11-12)17(25)24(18(20)21-16)23-6-8-27-9-7-23/h10-11,13,22H,6-9H2,1-5H3/t13-,28-/m1/s1. The maximum Gasteiger partial charge on any atom is 0.281 e. The van der Waals surface area contributed by atoms with Crippen molar-refractivity contribution in [3.63, 3.8) is 0 Å². The lowest BCUT2D eigenvalue weighted by molar-refractivity contribution is 0.110. The third-order valence-corrected chi connectivity index (χ3v) is 6.59. The van der Waals surface area contributed by atoms with Crippen LogP contribution >= 0.6 is 11.6 Å². The highest BCUT2D eigenvalue weighted by molar-refractivity contribution is 7.90. The minimum atomic E-state index is -1.25. The largest absolute Gasteiger partial charge is 0.598 e. The molecule has 1 aromatic carbocycles. The summed E-state index contributed by atoms with van der Waals surface area (Å²) in [5, 5.41) is 2.48. The van der Waals surface area contributed by atoms with Gasteiger partial charge in [0, 0.05) is 16.9 Å². The van der Waals surface area contributed by atoms with Gasteiger partial charge in [-0.05, 0) is 57.8 Å². The van der Waals surface area contributed by atoms with E-state index in [1.807, 2.05) is 51.8 Å². The Morgan fingerprint density at radius 1 is 1.32 bits per heavy atom. The van der Waals surface area contributed by atoms with Crippen LogP contribution in [0.5, 0.6) is 0 Å². The van der Waals surface area contributed by atoms with Crippen LogP contribution in [0.4, 0.5) is 0 Å². The summed E-state index contributed by atoms with van der Waals surface area (Å²) in [5.74, 6) is 0. The van der Waals surface area contributed by atoms with Crippen molar-refractivity contribution < 1.29 is 9.29 Å². The molecule has 0 aliphatic carbocycles. The summed E-state index contributed by atoms with van der Waals surface area (Å²) >= 11 is 5.17. The Hall–Kier alpha value is -1.32. The Morgan fingerprint density at radius 3 is 2.57 bits per heavy atom. The fraction of sp³-hybridized carbons (Fsp3) is 0.579. The molecule has 0 saturated carbocycles. The topological polar surface area (TPSA) is 82.4 Å². The van der Waals surface area contributed by atoms with Crippen molar-refractivity contribution >= 4 is 33.9 Å². The van der Waals surface area contributed by atoms with Gasteiger partial charge in [-0.3, -0.25) is 4.79 Å². The highest BCUT2D eigenvalue weighted by Gasteiger charge is 2.29. The number of nitrogens with one attached hydrogen (secondary N) is 1. The summed E-state index contributed by atoms with van der Waals surface area (Å²) in [5.41, 5.74) is 2.08. The quantitative estimate of drug-likeness (QED) is 0.597. The van der Waals surface area contributed by atoms with Gasteiger partial charge in [0.1, 0.15) is 4.75 Å². The summed E-state index contributed by atoms with van der Waals surface area (Å²) in [4.78, 5) is 17.8. The fourth-order valence-corrected chi connectivity index (χ4v) is 4.23. The van der Waals surface area contributed by atoms with Crippen molar-refractivity contribution in [3.05, 3.63) is 38.9 Å². The van der Waals surface area contributed by atoms with E-state index in [1.165, 1.54) is 4.68 Å². The molecule has 0 amide bonds. The second-order valence-electron chi connectivity index (χ2n) is 8.03. The number of benzene rings is 1. The Morgan fingerprint density at radius 2 is 1.96 bits per heavy atom. The van der Waals surface area contributed by atoms with E-state index < -0.39 is 16.1 Å². The van der Waals surface area contributed by atoms with E-state index in [1.54, 1.807) is 0 Å². The number of aromatic nitrogens is 2. The maximum atomic E-state index is 13.2. The summed E-state index contributed by atoms with van der Waals surface area (Å²) in [6.07, 6.45) is 0. The molecule has 7 nitrogen and oxygen atoms in total. The van der Waals surface area contributed by atoms with Crippen LogP contribution in [-0.4, -0.2) is 45.3 Å². The zero-order valence-corrected chi connectivity index (χ0v) is 18.5. The third-order valence-electron chi connectivity index (χ3n) is 4.66. The van der Waals surface area contributed by atoms with Crippen LogP contribution < -0.4 is 15.3 Å². The van der Waals surface area contributed by atoms with Crippen molar-refractivity contribution in [2.24, 2.45) is 0 Å². The third kappa shape index (κ3) is 4.31. The number of aryl methyl sites for hydroxylation is 1. The van der Waals surface area contributed by atoms with E-state index in [2.05, 4.69) is 9.71 Å². The van der Waals surface area contributed by atoms with E-state index in [0.29, 0.717) is 37.2 Å². The first-order valence-corrected chi connectivity index (χ1v) is 10.9. The van der Waals surface area contributed by atoms with Crippen LogP contribution in [0.2, 0.25) is 5.28 Å². The van der Waals surface area contributed by atoms with Gasteiger partial charge in [-0.1, -0.05) is 6.07 Å². The van der Waals surface area contributed by atoms with Gasteiger partial charge in [-0.15, -0.1) is 4.72 Å². The van der Waals surface area contributed by atoms with E-state index in [9.17, 15) is 9.35 Å². The molecule has 28 heavy (non-hydrogen) atoms. The highest BCUT2D eigenvalue weighted by Crippen LogP contribution is 2.26. The summed E-state index contributed by atoms with van der Waals surface area (Å²) in [7, 11) is 0. The molecule has 1 aliphatic heterocycles. The molecule has 0 spiro atoms. The predicted molar refractivity (Wildman–Crippen MR) is 114 cm³/mol. The first kappa shape index (κ1) is 21.4. The maximum absolute atomic E-state index is 13.2. The second kappa shape index (κ2) is 8.20. The van der Waals surface area contributed by atoms with Crippen molar-refractivity contribution in [2.75, 3.05) is 31.3 Å². The van der Waals surface area contributed by atoms with Crippen molar-refractivity contribution in [1.82, 2.24) is 14.4 Å². The van der Waals surface area contributed by atoms with Gasteiger partial charge in [0.15, 0.2) is 0 Å². The molecule has 0 radical (unpaired) electrons. The predicted octanol–water partition coefficient (Wildman–Crippen LogP) is 2.44. The SMILES string of the molecule is Cc1cc([C@@H](C)N[S@+]([O-])C(C)(C)C)c2nc(Cl)n(N3CCOCC3)c(=O)c2c1. The Bertz CT molecular complexity index is 922. The van der Waals surface area contributed by atoms with E-state index in [-0.39, 0.29) is 16.9 Å². The lowest BCUT2D eigenvalue weighted by Gasteiger charge is -2.31. The first-order chi connectivity index (χ1) is 13.1.